The molecule has 9 heteroatoms. The fourth-order valence-electron chi connectivity index (χ4n) is 3.77. The molecule has 222 valence electrons. The van der Waals surface area contributed by atoms with Crippen molar-refractivity contribution in [3.63, 3.8) is 0 Å². The first-order chi connectivity index (χ1) is 18.7. The molecule has 0 saturated carbocycles. The molecule has 1 aromatic heterocycles. The van der Waals surface area contributed by atoms with Crippen molar-refractivity contribution in [3.8, 4) is 11.5 Å². The van der Waals surface area contributed by atoms with Gasteiger partial charge in [0.1, 0.15) is 0 Å². The largest absolute Gasteiger partial charge is 0.490 e. The van der Waals surface area contributed by atoms with Gasteiger partial charge in [0.05, 0.1) is 44.6 Å². The van der Waals surface area contributed by atoms with Crippen LogP contribution in [0.1, 0.15) is 98.8 Å². The zero-order chi connectivity index (χ0) is 29.8. The molecule has 2 radical (unpaired) electrons. The molecule has 0 unspecified atom stereocenters. The Balaban J connectivity index is 1.76. The number of rotatable bonds is 18. The minimum Gasteiger partial charge on any atom is -0.490 e. The lowest BCUT2D eigenvalue weighted by Crippen LogP contribution is -2.33. The Hall–Kier alpha value is -2.39. The van der Waals surface area contributed by atoms with Crippen LogP contribution in [0.5, 0.6) is 11.5 Å². The molecule has 0 atom stereocenters. The summed E-state index contributed by atoms with van der Waals surface area (Å²) in [7, 11) is 5.77. The summed E-state index contributed by atoms with van der Waals surface area (Å²) >= 11 is 0. The molecule has 0 aliphatic rings. The van der Waals surface area contributed by atoms with Crippen LogP contribution in [-0.2, 0) is 33.6 Å². The standard InChI is InChI=1S/C31H50BN3O5/c1-9-11-28(36)40-26-14-13-24(21-32)20-27(26)37-18-10-12-25-22-35(34-33-25)17-15-30(5,6)38-19-16-31(7,8)39-23-29(2,3)4/h13-14,20,22H,9-12,15-19,21,23H2,1-8H3. The van der Waals surface area contributed by atoms with Crippen molar-refractivity contribution in [1.29, 1.82) is 0 Å². The summed E-state index contributed by atoms with van der Waals surface area (Å²) in [6, 6.07) is 5.41. The van der Waals surface area contributed by atoms with Crippen LogP contribution >= 0.6 is 0 Å². The molecule has 0 saturated heterocycles. The van der Waals surface area contributed by atoms with Gasteiger partial charge in [-0.25, -0.2) is 0 Å². The van der Waals surface area contributed by atoms with Crippen LogP contribution in [0.2, 0.25) is 0 Å². The van der Waals surface area contributed by atoms with Gasteiger partial charge < -0.3 is 18.9 Å². The van der Waals surface area contributed by atoms with E-state index in [1.165, 1.54) is 0 Å². The van der Waals surface area contributed by atoms with Gasteiger partial charge in [-0.15, -0.1) is 5.10 Å². The van der Waals surface area contributed by atoms with E-state index in [1.807, 2.05) is 29.9 Å². The number of esters is 1. The van der Waals surface area contributed by atoms with Crippen molar-refractivity contribution in [2.45, 2.75) is 118 Å². The summed E-state index contributed by atoms with van der Waals surface area (Å²) in [5, 5.41) is 8.60. The maximum Gasteiger partial charge on any atom is 0.311 e. The highest BCUT2D eigenvalue weighted by atomic mass is 16.6. The van der Waals surface area contributed by atoms with Crippen molar-refractivity contribution in [1.82, 2.24) is 15.0 Å². The Morgan fingerprint density at radius 3 is 2.38 bits per heavy atom. The van der Waals surface area contributed by atoms with Crippen molar-refractivity contribution in [2.24, 2.45) is 5.41 Å². The number of carbonyl (C=O) groups excluding carboxylic acids is 1. The number of hydrogen-bond donors (Lipinski definition) is 0. The van der Waals surface area contributed by atoms with Crippen LogP contribution in [0.15, 0.2) is 24.4 Å². The molecule has 0 amide bonds. The first-order valence-corrected chi connectivity index (χ1v) is 14.6. The minimum atomic E-state index is -0.281. The van der Waals surface area contributed by atoms with E-state index in [-0.39, 0.29) is 22.6 Å². The van der Waals surface area contributed by atoms with E-state index in [0.29, 0.717) is 37.5 Å². The molecule has 1 heterocycles. The number of carbonyl (C=O) groups is 1. The third kappa shape index (κ3) is 13.3. The molecule has 0 bridgehead atoms. The molecule has 0 N–H and O–H groups in total. The van der Waals surface area contributed by atoms with E-state index in [9.17, 15) is 4.79 Å². The molecule has 1 aromatic carbocycles. The van der Waals surface area contributed by atoms with E-state index >= 15 is 0 Å². The Kier molecular flexibility index (Phi) is 13.2. The molecule has 40 heavy (non-hydrogen) atoms. The average Bonchev–Trinajstić information content (AvgIpc) is 3.32. The van der Waals surface area contributed by atoms with Gasteiger partial charge in [0.2, 0.25) is 0 Å². The summed E-state index contributed by atoms with van der Waals surface area (Å²) < 4.78 is 25.6. The van der Waals surface area contributed by atoms with Crippen LogP contribution in [-0.4, -0.2) is 59.8 Å². The van der Waals surface area contributed by atoms with Crippen LogP contribution in [0, 0.1) is 5.41 Å². The maximum absolute atomic E-state index is 12.0. The summed E-state index contributed by atoms with van der Waals surface area (Å²) in [5.41, 5.74) is 1.47. The summed E-state index contributed by atoms with van der Waals surface area (Å²) in [6.07, 6.45) is 6.58. The lowest BCUT2D eigenvalue weighted by atomic mass is 9.97. The molecular formula is C31H50BN3O5. The highest BCUT2D eigenvalue weighted by Crippen LogP contribution is 2.29. The van der Waals surface area contributed by atoms with Gasteiger partial charge in [0, 0.05) is 19.2 Å². The minimum absolute atomic E-state index is 0.144. The third-order valence-electron chi connectivity index (χ3n) is 6.38. The number of benzene rings is 1. The average molecular weight is 556 g/mol. The second kappa shape index (κ2) is 15.6. The van der Waals surface area contributed by atoms with Gasteiger partial charge in [-0.05, 0) is 77.3 Å². The second-order valence-electron chi connectivity index (χ2n) is 12.9. The quantitative estimate of drug-likeness (QED) is 0.0954. The molecule has 0 aliphatic carbocycles. The number of aromatic nitrogens is 3. The van der Waals surface area contributed by atoms with E-state index in [4.69, 9.17) is 26.8 Å². The first-order valence-electron chi connectivity index (χ1n) is 14.6. The number of aryl methyl sites for hydroxylation is 2. The van der Waals surface area contributed by atoms with Gasteiger partial charge in [0.25, 0.3) is 0 Å². The Bertz CT molecular complexity index is 1050. The van der Waals surface area contributed by atoms with Gasteiger partial charge in [0.15, 0.2) is 11.5 Å². The van der Waals surface area contributed by atoms with Crippen molar-refractivity contribution in [3.05, 3.63) is 35.7 Å². The normalized spacial score (nSPS) is 12.5. The molecular weight excluding hydrogens is 505 g/mol. The van der Waals surface area contributed by atoms with Crippen LogP contribution in [0.25, 0.3) is 0 Å². The predicted molar refractivity (Wildman–Crippen MR) is 159 cm³/mol. The van der Waals surface area contributed by atoms with Crippen LogP contribution in [0.4, 0.5) is 0 Å². The highest BCUT2D eigenvalue weighted by Gasteiger charge is 2.25. The van der Waals surface area contributed by atoms with Crippen molar-refractivity contribution >= 4 is 13.8 Å². The Morgan fingerprint density at radius 2 is 1.70 bits per heavy atom. The summed E-state index contributed by atoms with van der Waals surface area (Å²) in [6.45, 7) is 19.5. The van der Waals surface area contributed by atoms with E-state index in [2.05, 4.69) is 58.8 Å². The van der Waals surface area contributed by atoms with Crippen LogP contribution in [0.3, 0.4) is 0 Å². The predicted octanol–water partition coefficient (Wildman–Crippen LogP) is 6.08. The zero-order valence-corrected chi connectivity index (χ0v) is 26.0. The Labute approximate surface area is 242 Å². The van der Waals surface area contributed by atoms with E-state index in [0.717, 1.165) is 56.5 Å². The topological polar surface area (TPSA) is 84.7 Å². The molecule has 0 fully saturated rings. The molecule has 2 aromatic rings. The fourth-order valence-corrected chi connectivity index (χ4v) is 3.77. The lowest BCUT2D eigenvalue weighted by Gasteiger charge is -2.32. The summed E-state index contributed by atoms with van der Waals surface area (Å²) in [4.78, 5) is 12.0. The van der Waals surface area contributed by atoms with Gasteiger partial charge in [-0.3, -0.25) is 9.48 Å². The fraction of sp³-hybridized carbons (Fsp3) is 0.710. The molecule has 0 aliphatic heterocycles. The molecule has 2 rings (SSSR count). The number of nitrogens with zero attached hydrogens (tertiary/aromatic N) is 3. The Morgan fingerprint density at radius 1 is 0.975 bits per heavy atom. The highest BCUT2D eigenvalue weighted by molar-refractivity contribution is 6.08. The first kappa shape index (κ1) is 33.8. The monoisotopic (exact) mass is 555 g/mol. The smallest absolute Gasteiger partial charge is 0.311 e. The van der Waals surface area contributed by atoms with Crippen molar-refractivity contribution < 1.29 is 23.7 Å². The van der Waals surface area contributed by atoms with Crippen LogP contribution < -0.4 is 9.47 Å². The summed E-state index contributed by atoms with van der Waals surface area (Å²) in [5.74, 6) is 0.682. The molecule has 0 spiro atoms. The van der Waals surface area contributed by atoms with Gasteiger partial charge >= 0.3 is 5.97 Å². The van der Waals surface area contributed by atoms with Gasteiger partial charge in [-0.2, -0.15) is 0 Å². The van der Waals surface area contributed by atoms with Gasteiger partial charge in [-0.1, -0.05) is 50.9 Å². The van der Waals surface area contributed by atoms with Crippen molar-refractivity contribution in [2.75, 3.05) is 19.8 Å². The van der Waals surface area contributed by atoms with E-state index in [1.54, 1.807) is 6.07 Å². The number of ether oxygens (including phenoxy) is 4. The maximum atomic E-state index is 12.0. The van der Waals surface area contributed by atoms with E-state index < -0.39 is 0 Å². The lowest BCUT2D eigenvalue weighted by molar-refractivity contribution is -0.134. The number of hydrogen-bond acceptors (Lipinski definition) is 7. The third-order valence-corrected chi connectivity index (χ3v) is 6.38. The molecule has 8 nitrogen and oxygen atoms in total. The zero-order valence-electron chi connectivity index (χ0n) is 26.0. The SMILES string of the molecule is [B]Cc1ccc(OC(=O)CCC)c(OCCCc2cn(CCC(C)(C)OCCC(C)(C)OCC(C)(C)C)nn2)c1. The second-order valence-corrected chi connectivity index (χ2v) is 12.9.